The summed E-state index contributed by atoms with van der Waals surface area (Å²) >= 11 is 0. The van der Waals surface area contributed by atoms with Gasteiger partial charge in [-0.15, -0.1) is 10.2 Å². The third-order valence-electron chi connectivity index (χ3n) is 2.42. The van der Waals surface area contributed by atoms with Gasteiger partial charge in [0.15, 0.2) is 0 Å². The van der Waals surface area contributed by atoms with E-state index in [9.17, 15) is 0 Å². The van der Waals surface area contributed by atoms with Crippen LogP contribution >= 0.6 is 0 Å². The first-order chi connectivity index (χ1) is 6.77. The molecule has 1 N–H and O–H groups in total. The second kappa shape index (κ2) is 4.09. The summed E-state index contributed by atoms with van der Waals surface area (Å²) in [6.45, 7) is 6.30. The highest BCUT2D eigenvalue weighted by atomic mass is 15.3. The summed E-state index contributed by atoms with van der Waals surface area (Å²) in [7, 11) is 0. The van der Waals surface area contributed by atoms with Crippen molar-refractivity contribution in [3.8, 4) is 0 Å². The predicted octanol–water partition coefficient (Wildman–Crippen LogP) is 1.36. The van der Waals surface area contributed by atoms with Crippen molar-refractivity contribution in [2.24, 2.45) is 5.92 Å². The zero-order chi connectivity index (χ0) is 9.97. The maximum Gasteiger partial charge on any atom is 0.147 e. The van der Waals surface area contributed by atoms with Gasteiger partial charge in [0.2, 0.25) is 0 Å². The van der Waals surface area contributed by atoms with Crippen molar-refractivity contribution in [3.05, 3.63) is 12.2 Å². The second-order valence-electron chi connectivity index (χ2n) is 4.41. The Bertz CT molecular complexity index is 288. The van der Waals surface area contributed by atoms with Crippen LogP contribution in [0.5, 0.6) is 0 Å². The molecule has 1 fully saturated rings. The molecule has 0 amide bonds. The molecule has 1 saturated carbocycles. The number of nitrogens with zero attached hydrogens (tertiary/aromatic N) is 3. The van der Waals surface area contributed by atoms with Gasteiger partial charge >= 0.3 is 0 Å². The third kappa shape index (κ3) is 2.32. The number of rotatable bonds is 5. The van der Waals surface area contributed by atoms with E-state index >= 15 is 0 Å². The summed E-state index contributed by atoms with van der Waals surface area (Å²) in [5, 5.41) is 11.5. The van der Waals surface area contributed by atoms with E-state index in [0.29, 0.717) is 12.0 Å². The quantitative estimate of drug-likeness (QED) is 0.769. The Kier molecular flexibility index (Phi) is 2.82. The van der Waals surface area contributed by atoms with Crippen LogP contribution in [-0.4, -0.2) is 21.3 Å². The molecule has 1 aliphatic carbocycles. The Hall–Kier alpha value is -0.900. The molecule has 14 heavy (non-hydrogen) atoms. The van der Waals surface area contributed by atoms with E-state index in [1.807, 2.05) is 6.33 Å². The molecule has 0 aliphatic heterocycles. The van der Waals surface area contributed by atoms with Crippen molar-refractivity contribution in [1.82, 2.24) is 20.1 Å². The van der Waals surface area contributed by atoms with Crippen LogP contribution in [0.2, 0.25) is 0 Å². The molecule has 0 spiro atoms. The molecule has 4 nitrogen and oxygen atoms in total. The Balaban J connectivity index is 1.85. The molecular weight excluding hydrogens is 176 g/mol. The van der Waals surface area contributed by atoms with Gasteiger partial charge in [-0.1, -0.05) is 13.8 Å². The Labute approximate surface area is 84.7 Å². The van der Waals surface area contributed by atoms with E-state index in [4.69, 9.17) is 0 Å². The van der Waals surface area contributed by atoms with E-state index in [1.54, 1.807) is 0 Å². The minimum absolute atomic E-state index is 0.681. The zero-order valence-corrected chi connectivity index (χ0v) is 8.90. The number of hydrogen-bond acceptors (Lipinski definition) is 3. The van der Waals surface area contributed by atoms with Gasteiger partial charge in [0.05, 0.1) is 6.54 Å². The van der Waals surface area contributed by atoms with Crippen LogP contribution in [0.4, 0.5) is 0 Å². The smallest absolute Gasteiger partial charge is 0.147 e. The largest absolute Gasteiger partial charge is 0.313 e. The van der Waals surface area contributed by atoms with E-state index in [0.717, 1.165) is 18.9 Å². The lowest BCUT2D eigenvalue weighted by Crippen LogP contribution is -2.21. The van der Waals surface area contributed by atoms with Gasteiger partial charge < -0.3 is 9.88 Å². The molecule has 0 radical (unpaired) electrons. The van der Waals surface area contributed by atoms with Crippen molar-refractivity contribution in [2.75, 3.05) is 6.54 Å². The Morgan fingerprint density at radius 2 is 2.36 bits per heavy atom. The second-order valence-corrected chi connectivity index (χ2v) is 4.41. The first-order valence-corrected chi connectivity index (χ1v) is 5.36. The van der Waals surface area contributed by atoms with Crippen molar-refractivity contribution < 1.29 is 0 Å². The normalized spacial score (nSPS) is 16.5. The van der Waals surface area contributed by atoms with Gasteiger partial charge in [0, 0.05) is 6.04 Å². The van der Waals surface area contributed by atoms with Crippen molar-refractivity contribution in [1.29, 1.82) is 0 Å². The van der Waals surface area contributed by atoms with Crippen LogP contribution in [-0.2, 0) is 6.54 Å². The highest BCUT2D eigenvalue weighted by molar-refractivity contribution is 4.94. The summed E-state index contributed by atoms with van der Waals surface area (Å²) in [6, 6.07) is 0.681. The summed E-state index contributed by atoms with van der Waals surface area (Å²) in [4.78, 5) is 0. The van der Waals surface area contributed by atoms with Gasteiger partial charge in [-0.25, -0.2) is 0 Å². The topological polar surface area (TPSA) is 42.7 Å². The van der Waals surface area contributed by atoms with Crippen LogP contribution in [0, 0.1) is 5.92 Å². The summed E-state index contributed by atoms with van der Waals surface area (Å²) in [6.07, 6.45) is 4.43. The Morgan fingerprint density at radius 3 is 3.00 bits per heavy atom. The van der Waals surface area contributed by atoms with Crippen LogP contribution < -0.4 is 5.32 Å². The zero-order valence-electron chi connectivity index (χ0n) is 8.90. The van der Waals surface area contributed by atoms with Gasteiger partial charge in [-0.05, 0) is 25.3 Å². The van der Waals surface area contributed by atoms with E-state index in [-0.39, 0.29) is 0 Å². The average molecular weight is 194 g/mol. The van der Waals surface area contributed by atoms with Crippen LogP contribution in [0.1, 0.15) is 38.6 Å². The van der Waals surface area contributed by atoms with Crippen LogP contribution in [0.3, 0.4) is 0 Å². The van der Waals surface area contributed by atoms with E-state index in [1.165, 1.54) is 12.8 Å². The fourth-order valence-electron chi connectivity index (χ4n) is 1.52. The maximum absolute atomic E-state index is 4.12. The van der Waals surface area contributed by atoms with Crippen LogP contribution in [0.15, 0.2) is 6.33 Å². The standard InChI is InChI=1S/C10H18N4/c1-8(2)5-11-6-10-13-12-7-14(10)9-3-4-9/h7-9,11H,3-6H2,1-2H3. The van der Waals surface area contributed by atoms with Gasteiger partial charge in [0.25, 0.3) is 0 Å². The molecule has 0 saturated heterocycles. The maximum atomic E-state index is 4.12. The van der Waals surface area contributed by atoms with Crippen molar-refractivity contribution in [3.63, 3.8) is 0 Å². The van der Waals surface area contributed by atoms with E-state index < -0.39 is 0 Å². The van der Waals surface area contributed by atoms with E-state index in [2.05, 4.69) is 33.9 Å². The number of hydrogen-bond donors (Lipinski definition) is 1. The molecule has 0 bridgehead atoms. The van der Waals surface area contributed by atoms with Gasteiger partial charge in [0.1, 0.15) is 12.2 Å². The monoisotopic (exact) mass is 194 g/mol. The summed E-state index contributed by atoms with van der Waals surface area (Å²) in [5.74, 6) is 1.76. The lowest BCUT2D eigenvalue weighted by atomic mass is 10.2. The molecule has 0 atom stereocenters. The lowest BCUT2D eigenvalue weighted by Gasteiger charge is -2.07. The number of aromatic nitrogens is 3. The minimum atomic E-state index is 0.681. The summed E-state index contributed by atoms with van der Waals surface area (Å²) < 4.78 is 2.20. The SMILES string of the molecule is CC(C)CNCc1nncn1C1CC1. The molecule has 4 heteroatoms. The molecular formula is C10H18N4. The number of nitrogens with one attached hydrogen (secondary N) is 1. The average Bonchev–Trinajstić information content (AvgIpc) is 2.87. The molecule has 0 unspecified atom stereocenters. The highest BCUT2D eigenvalue weighted by Gasteiger charge is 2.25. The molecule has 0 aromatic carbocycles. The predicted molar refractivity (Wildman–Crippen MR) is 54.8 cm³/mol. The highest BCUT2D eigenvalue weighted by Crippen LogP contribution is 2.35. The minimum Gasteiger partial charge on any atom is -0.313 e. The van der Waals surface area contributed by atoms with Crippen LogP contribution in [0.25, 0.3) is 0 Å². The first kappa shape index (κ1) is 9.65. The van der Waals surface area contributed by atoms with Gasteiger partial charge in [-0.3, -0.25) is 0 Å². The fourth-order valence-corrected chi connectivity index (χ4v) is 1.52. The molecule has 1 aromatic heterocycles. The molecule has 78 valence electrons. The van der Waals surface area contributed by atoms with Crippen molar-refractivity contribution >= 4 is 0 Å². The molecule has 1 aromatic rings. The lowest BCUT2D eigenvalue weighted by molar-refractivity contribution is 0.528. The molecule has 1 aliphatic rings. The third-order valence-corrected chi connectivity index (χ3v) is 2.42. The Morgan fingerprint density at radius 1 is 1.57 bits per heavy atom. The molecule has 2 rings (SSSR count). The summed E-state index contributed by atoms with van der Waals surface area (Å²) in [5.41, 5.74) is 0. The van der Waals surface area contributed by atoms with Gasteiger partial charge in [-0.2, -0.15) is 0 Å². The molecule has 1 heterocycles. The first-order valence-electron chi connectivity index (χ1n) is 5.36. The van der Waals surface area contributed by atoms with Crippen molar-refractivity contribution in [2.45, 2.75) is 39.3 Å². The fraction of sp³-hybridized carbons (Fsp3) is 0.800.